The number of carbonyl (C=O) groups excluding carboxylic acids is 1. The first-order valence-electron chi connectivity index (χ1n) is 9.27. The summed E-state index contributed by atoms with van der Waals surface area (Å²) in [6, 6.07) is 17.5. The van der Waals surface area contributed by atoms with Crippen LogP contribution in [-0.2, 0) is 14.8 Å². The summed E-state index contributed by atoms with van der Waals surface area (Å²) >= 11 is 0. The number of amides is 1. The number of aryl methyl sites for hydroxylation is 1. The molecule has 0 saturated heterocycles. The number of fused-ring (bicyclic) bond motifs is 1. The first-order chi connectivity index (χ1) is 14.3. The molecule has 152 valence electrons. The van der Waals surface area contributed by atoms with E-state index in [-0.39, 0.29) is 10.8 Å². The van der Waals surface area contributed by atoms with E-state index < -0.39 is 10.0 Å². The van der Waals surface area contributed by atoms with Gasteiger partial charge in [0.05, 0.1) is 10.6 Å². The minimum atomic E-state index is -3.77. The van der Waals surface area contributed by atoms with Gasteiger partial charge in [0.15, 0.2) is 0 Å². The molecular weight excluding hydrogens is 400 g/mol. The van der Waals surface area contributed by atoms with Gasteiger partial charge in [0.1, 0.15) is 5.65 Å². The van der Waals surface area contributed by atoms with Crippen molar-refractivity contribution in [3.63, 3.8) is 0 Å². The van der Waals surface area contributed by atoms with E-state index in [1.807, 2.05) is 47.1 Å². The quantitative estimate of drug-likeness (QED) is 0.509. The Kier molecular flexibility index (Phi) is 5.01. The second-order valence-electron chi connectivity index (χ2n) is 6.94. The molecule has 7 nitrogen and oxygen atoms in total. The number of rotatable bonds is 5. The Morgan fingerprint density at radius 1 is 1.00 bits per heavy atom. The van der Waals surface area contributed by atoms with Crippen LogP contribution < -0.4 is 10.0 Å². The van der Waals surface area contributed by atoms with E-state index >= 15 is 0 Å². The number of anilines is 2. The maximum atomic E-state index is 12.8. The highest BCUT2D eigenvalue weighted by molar-refractivity contribution is 7.92. The van der Waals surface area contributed by atoms with E-state index in [4.69, 9.17) is 0 Å². The fourth-order valence-corrected chi connectivity index (χ4v) is 4.51. The maximum Gasteiger partial charge on any atom is 0.262 e. The van der Waals surface area contributed by atoms with Crippen LogP contribution in [0.5, 0.6) is 0 Å². The van der Waals surface area contributed by atoms with E-state index in [1.165, 1.54) is 13.0 Å². The highest BCUT2D eigenvalue weighted by Gasteiger charge is 2.17. The van der Waals surface area contributed by atoms with Crippen molar-refractivity contribution in [3.05, 3.63) is 78.6 Å². The molecule has 4 aromatic rings. The molecule has 0 atom stereocenters. The third-order valence-electron chi connectivity index (χ3n) is 4.58. The van der Waals surface area contributed by atoms with Gasteiger partial charge in [-0.05, 0) is 55.0 Å². The van der Waals surface area contributed by atoms with E-state index in [2.05, 4.69) is 15.0 Å². The van der Waals surface area contributed by atoms with Crippen LogP contribution in [0.1, 0.15) is 12.5 Å². The third-order valence-corrected chi connectivity index (χ3v) is 6.12. The smallest absolute Gasteiger partial charge is 0.262 e. The van der Waals surface area contributed by atoms with Crippen molar-refractivity contribution in [1.29, 1.82) is 0 Å². The van der Waals surface area contributed by atoms with Crippen molar-refractivity contribution in [2.45, 2.75) is 18.7 Å². The lowest BCUT2D eigenvalue weighted by atomic mass is 10.1. The third kappa shape index (κ3) is 4.04. The number of pyridine rings is 1. The lowest BCUT2D eigenvalue weighted by molar-refractivity contribution is -0.114. The standard InChI is InChI=1S/C22H20N4O3S/c1-15-13-19(23-16(2)27)10-11-21(15)30(28,29)25-18-8-6-17(7-9-18)20-14-26-12-4-3-5-22(26)24-20/h3-14,25H,1-2H3,(H,23,27). The normalized spacial score (nSPS) is 11.4. The Labute approximate surface area is 174 Å². The topological polar surface area (TPSA) is 92.6 Å². The molecule has 2 N–H and O–H groups in total. The molecule has 0 bridgehead atoms. The SMILES string of the molecule is CC(=O)Nc1ccc(S(=O)(=O)Nc2ccc(-c3cn4ccccc4n3)cc2)c(C)c1. The van der Waals surface area contributed by atoms with Crippen molar-refractivity contribution >= 4 is 33.0 Å². The summed E-state index contributed by atoms with van der Waals surface area (Å²) in [6.07, 6.45) is 3.85. The molecular formula is C22H20N4O3S. The summed E-state index contributed by atoms with van der Waals surface area (Å²) in [6.45, 7) is 3.09. The van der Waals surface area contributed by atoms with Crippen molar-refractivity contribution in [3.8, 4) is 11.3 Å². The number of benzene rings is 2. The van der Waals surface area contributed by atoms with Crippen LogP contribution in [0.25, 0.3) is 16.9 Å². The van der Waals surface area contributed by atoms with Crippen LogP contribution in [0.3, 0.4) is 0 Å². The van der Waals surface area contributed by atoms with Gasteiger partial charge in [-0.2, -0.15) is 0 Å². The fourth-order valence-electron chi connectivity index (χ4n) is 3.22. The Morgan fingerprint density at radius 2 is 1.73 bits per heavy atom. The number of carbonyl (C=O) groups is 1. The zero-order valence-electron chi connectivity index (χ0n) is 16.5. The molecule has 0 spiro atoms. The van der Waals surface area contributed by atoms with Crippen molar-refractivity contribution < 1.29 is 13.2 Å². The summed E-state index contributed by atoms with van der Waals surface area (Å²) in [5.74, 6) is -0.214. The molecule has 0 aliphatic rings. The molecule has 2 aromatic carbocycles. The molecule has 30 heavy (non-hydrogen) atoms. The number of nitrogens with one attached hydrogen (secondary N) is 2. The minimum Gasteiger partial charge on any atom is -0.326 e. The van der Waals surface area contributed by atoms with Gasteiger partial charge in [0, 0.05) is 36.3 Å². The predicted molar refractivity (Wildman–Crippen MR) is 117 cm³/mol. The largest absolute Gasteiger partial charge is 0.326 e. The number of nitrogens with zero attached hydrogens (tertiary/aromatic N) is 2. The molecule has 2 heterocycles. The van der Waals surface area contributed by atoms with Crippen LogP contribution >= 0.6 is 0 Å². The Bertz CT molecular complexity index is 1310. The minimum absolute atomic E-state index is 0.154. The molecule has 4 rings (SSSR count). The molecule has 0 fully saturated rings. The number of hydrogen-bond donors (Lipinski definition) is 2. The monoisotopic (exact) mass is 420 g/mol. The zero-order chi connectivity index (χ0) is 21.3. The van der Waals surface area contributed by atoms with Gasteiger partial charge in [0.25, 0.3) is 10.0 Å². The van der Waals surface area contributed by atoms with Crippen LogP contribution in [0.2, 0.25) is 0 Å². The van der Waals surface area contributed by atoms with Crippen LogP contribution in [0.4, 0.5) is 11.4 Å². The molecule has 8 heteroatoms. The molecule has 0 radical (unpaired) electrons. The summed E-state index contributed by atoms with van der Waals surface area (Å²) in [5, 5.41) is 2.64. The molecule has 0 aliphatic heterocycles. The lowest BCUT2D eigenvalue weighted by Crippen LogP contribution is -2.14. The number of hydrogen-bond acceptors (Lipinski definition) is 4. The highest BCUT2D eigenvalue weighted by atomic mass is 32.2. The van der Waals surface area contributed by atoms with Gasteiger partial charge in [-0.25, -0.2) is 13.4 Å². The highest BCUT2D eigenvalue weighted by Crippen LogP contribution is 2.25. The molecule has 0 unspecified atom stereocenters. The van der Waals surface area contributed by atoms with Crippen LogP contribution in [-0.4, -0.2) is 23.7 Å². The fraction of sp³-hybridized carbons (Fsp3) is 0.0909. The summed E-state index contributed by atoms with van der Waals surface area (Å²) < 4.78 is 30.2. The molecule has 1 amide bonds. The van der Waals surface area contributed by atoms with Gasteiger partial charge in [-0.1, -0.05) is 18.2 Å². The molecule has 2 aromatic heterocycles. The lowest BCUT2D eigenvalue weighted by Gasteiger charge is -2.12. The van der Waals surface area contributed by atoms with Crippen molar-refractivity contribution in [2.75, 3.05) is 10.0 Å². The van der Waals surface area contributed by atoms with Crippen LogP contribution in [0, 0.1) is 6.92 Å². The van der Waals surface area contributed by atoms with Crippen molar-refractivity contribution in [2.24, 2.45) is 0 Å². The molecule has 0 aliphatic carbocycles. The van der Waals surface area contributed by atoms with E-state index in [0.717, 1.165) is 16.9 Å². The Hall–Kier alpha value is -3.65. The second kappa shape index (κ2) is 7.64. The molecule has 0 saturated carbocycles. The average molecular weight is 420 g/mol. The predicted octanol–water partition coefficient (Wildman–Crippen LogP) is 4.07. The van der Waals surface area contributed by atoms with Crippen LogP contribution in [0.15, 0.2) is 78.0 Å². The Morgan fingerprint density at radius 3 is 2.40 bits per heavy atom. The average Bonchev–Trinajstić information content (AvgIpc) is 3.12. The number of aromatic nitrogens is 2. The number of sulfonamides is 1. The van der Waals surface area contributed by atoms with E-state index in [9.17, 15) is 13.2 Å². The first-order valence-corrected chi connectivity index (χ1v) is 10.8. The summed E-state index contributed by atoms with van der Waals surface area (Å²) in [7, 11) is -3.77. The summed E-state index contributed by atoms with van der Waals surface area (Å²) in [5.41, 5.74) is 4.08. The van der Waals surface area contributed by atoms with Gasteiger partial charge < -0.3 is 9.72 Å². The van der Waals surface area contributed by atoms with E-state index in [1.54, 1.807) is 31.2 Å². The van der Waals surface area contributed by atoms with E-state index in [0.29, 0.717) is 16.9 Å². The zero-order valence-corrected chi connectivity index (χ0v) is 17.3. The van der Waals surface area contributed by atoms with Gasteiger partial charge in [0.2, 0.25) is 5.91 Å². The Balaban J connectivity index is 1.55. The summed E-state index contributed by atoms with van der Waals surface area (Å²) in [4.78, 5) is 15.9. The number of imidazole rings is 1. The van der Waals surface area contributed by atoms with Gasteiger partial charge in [-0.15, -0.1) is 0 Å². The van der Waals surface area contributed by atoms with Crippen molar-refractivity contribution in [1.82, 2.24) is 9.38 Å². The second-order valence-corrected chi connectivity index (χ2v) is 8.59. The van der Waals surface area contributed by atoms with Gasteiger partial charge >= 0.3 is 0 Å². The van der Waals surface area contributed by atoms with Gasteiger partial charge in [-0.3, -0.25) is 9.52 Å². The maximum absolute atomic E-state index is 12.8. The first kappa shape index (κ1) is 19.7.